The second-order valence-corrected chi connectivity index (χ2v) is 7.76. The van der Waals surface area contributed by atoms with Gasteiger partial charge in [0.15, 0.2) is 0 Å². The topological polar surface area (TPSA) is 103 Å². The fourth-order valence-corrected chi connectivity index (χ4v) is 4.23. The molecule has 1 aromatic rings. The van der Waals surface area contributed by atoms with E-state index in [0.29, 0.717) is 39.0 Å². The minimum atomic E-state index is -0.915. The maximum atomic E-state index is 14.2. The highest BCUT2D eigenvalue weighted by Crippen LogP contribution is 2.40. The highest BCUT2D eigenvalue weighted by atomic mass is 19.1. The summed E-state index contributed by atoms with van der Waals surface area (Å²) in [5, 5.41) is 22.6. The van der Waals surface area contributed by atoms with E-state index in [1.807, 2.05) is 6.07 Å². The highest BCUT2D eigenvalue weighted by molar-refractivity contribution is 5.94. The number of aliphatic hydroxyl groups is 1. The zero-order valence-corrected chi connectivity index (χ0v) is 16.0. The normalized spacial score (nSPS) is 26.5. The number of carbonyl (C=O) groups is 2. The van der Waals surface area contributed by atoms with Crippen LogP contribution in [0.5, 0.6) is 0 Å². The third-order valence-corrected chi connectivity index (χ3v) is 5.80. The summed E-state index contributed by atoms with van der Waals surface area (Å²) in [6.45, 7) is 4.20. The monoisotopic (exact) mass is 389 g/mol. The first kappa shape index (κ1) is 20.2. The first-order chi connectivity index (χ1) is 13.2. The van der Waals surface area contributed by atoms with Crippen molar-refractivity contribution >= 4 is 11.8 Å². The number of ether oxygens (including phenoxy) is 1. The third kappa shape index (κ3) is 3.60. The van der Waals surface area contributed by atoms with Crippen molar-refractivity contribution in [3.05, 3.63) is 35.1 Å². The molecular formula is C20H24FN3O4. The van der Waals surface area contributed by atoms with Gasteiger partial charge >= 0.3 is 0 Å². The standard InChI is InChI=1S/C20H24FN3O4/c1-13(25)23-19(2)7-10-28-20(18(19)27)5-8-24(9-6-20)17(26)15-4-3-14(12-22)11-16(15)21/h3-4,11,18,27H,5-10H2,1-2H3,(H,23,25)/t18-,19+/m1/s1. The Labute approximate surface area is 163 Å². The second kappa shape index (κ2) is 7.49. The number of hydrogen-bond acceptors (Lipinski definition) is 5. The molecule has 0 saturated carbocycles. The molecule has 2 amide bonds. The summed E-state index contributed by atoms with van der Waals surface area (Å²) in [6, 6.07) is 5.62. The maximum Gasteiger partial charge on any atom is 0.256 e. The summed E-state index contributed by atoms with van der Waals surface area (Å²) in [7, 11) is 0. The summed E-state index contributed by atoms with van der Waals surface area (Å²) in [5.41, 5.74) is -1.57. The number of nitrogens with one attached hydrogen (secondary N) is 1. The van der Waals surface area contributed by atoms with Crippen LogP contribution in [0.15, 0.2) is 18.2 Å². The Morgan fingerprint density at radius 1 is 1.36 bits per heavy atom. The summed E-state index contributed by atoms with van der Waals surface area (Å²) in [5.74, 6) is -1.40. The molecule has 2 aliphatic heterocycles. The predicted octanol–water partition coefficient (Wildman–Crippen LogP) is 1.35. The molecular weight excluding hydrogens is 365 g/mol. The lowest BCUT2D eigenvalue weighted by Gasteiger charge is -2.53. The number of nitrogens with zero attached hydrogens (tertiary/aromatic N) is 2. The number of likely N-dealkylation sites (tertiary alicyclic amines) is 1. The summed E-state index contributed by atoms with van der Waals surface area (Å²) >= 11 is 0. The van der Waals surface area contributed by atoms with Gasteiger partial charge in [-0.05, 0) is 44.4 Å². The van der Waals surface area contributed by atoms with Crippen LogP contribution < -0.4 is 5.32 Å². The molecule has 0 bridgehead atoms. The lowest BCUT2D eigenvalue weighted by Crippen LogP contribution is -2.69. The average Bonchev–Trinajstić information content (AvgIpc) is 2.65. The Morgan fingerprint density at radius 3 is 2.61 bits per heavy atom. The largest absolute Gasteiger partial charge is 0.388 e. The van der Waals surface area contributed by atoms with E-state index < -0.39 is 29.0 Å². The van der Waals surface area contributed by atoms with E-state index in [0.717, 1.165) is 6.07 Å². The molecule has 3 rings (SSSR count). The van der Waals surface area contributed by atoms with Crippen molar-refractivity contribution in [1.82, 2.24) is 10.2 Å². The molecule has 1 spiro atoms. The van der Waals surface area contributed by atoms with Gasteiger partial charge < -0.3 is 20.1 Å². The van der Waals surface area contributed by atoms with E-state index in [-0.39, 0.29) is 17.0 Å². The Balaban J connectivity index is 1.72. The predicted molar refractivity (Wildman–Crippen MR) is 97.8 cm³/mol. The number of carbonyl (C=O) groups excluding carboxylic acids is 2. The van der Waals surface area contributed by atoms with Gasteiger partial charge in [-0.25, -0.2) is 4.39 Å². The van der Waals surface area contributed by atoms with Gasteiger partial charge in [-0.15, -0.1) is 0 Å². The first-order valence-corrected chi connectivity index (χ1v) is 9.30. The van der Waals surface area contributed by atoms with Gasteiger partial charge in [0.1, 0.15) is 11.9 Å². The van der Waals surface area contributed by atoms with Crippen molar-refractivity contribution in [2.45, 2.75) is 50.4 Å². The zero-order chi connectivity index (χ0) is 20.5. The van der Waals surface area contributed by atoms with Crippen molar-refractivity contribution in [3.63, 3.8) is 0 Å². The molecule has 2 saturated heterocycles. The number of benzene rings is 1. The average molecular weight is 389 g/mol. The van der Waals surface area contributed by atoms with E-state index in [2.05, 4.69) is 5.32 Å². The minimum Gasteiger partial charge on any atom is -0.388 e. The van der Waals surface area contributed by atoms with Gasteiger partial charge in [-0.2, -0.15) is 5.26 Å². The molecule has 0 radical (unpaired) electrons. The number of amides is 2. The van der Waals surface area contributed by atoms with Crippen LogP contribution in [0.25, 0.3) is 0 Å². The molecule has 0 aromatic heterocycles. The molecule has 7 nitrogen and oxygen atoms in total. The van der Waals surface area contributed by atoms with Crippen LogP contribution in [-0.2, 0) is 9.53 Å². The summed E-state index contributed by atoms with van der Waals surface area (Å²) in [6.07, 6.45) is 0.343. The molecule has 2 fully saturated rings. The Bertz CT molecular complexity index is 829. The Kier molecular flexibility index (Phi) is 5.41. The van der Waals surface area contributed by atoms with Crippen molar-refractivity contribution in [2.24, 2.45) is 0 Å². The van der Waals surface area contributed by atoms with E-state index in [4.69, 9.17) is 10.00 Å². The molecule has 8 heteroatoms. The molecule has 2 atom stereocenters. The quantitative estimate of drug-likeness (QED) is 0.795. The molecule has 28 heavy (non-hydrogen) atoms. The van der Waals surface area contributed by atoms with Gasteiger partial charge in [0.2, 0.25) is 5.91 Å². The molecule has 2 aliphatic rings. The highest BCUT2D eigenvalue weighted by Gasteiger charge is 2.54. The lowest BCUT2D eigenvalue weighted by atomic mass is 9.73. The fourth-order valence-electron chi connectivity index (χ4n) is 4.23. The van der Waals surface area contributed by atoms with Crippen molar-refractivity contribution in [3.8, 4) is 6.07 Å². The van der Waals surface area contributed by atoms with Crippen molar-refractivity contribution in [1.29, 1.82) is 5.26 Å². The fraction of sp³-hybridized carbons (Fsp3) is 0.550. The van der Waals surface area contributed by atoms with Gasteiger partial charge in [0.25, 0.3) is 5.91 Å². The molecule has 2 heterocycles. The van der Waals surface area contributed by atoms with Crippen LogP contribution in [-0.4, -0.2) is 58.8 Å². The number of nitriles is 1. The molecule has 0 aliphatic carbocycles. The number of hydrogen-bond donors (Lipinski definition) is 2. The SMILES string of the molecule is CC(=O)N[C@@]1(C)CCOC2(CCN(C(=O)c3ccc(C#N)cc3F)CC2)[C@@H]1O. The number of halogens is 1. The van der Waals surface area contributed by atoms with Crippen LogP contribution in [0, 0.1) is 17.1 Å². The minimum absolute atomic E-state index is 0.0804. The summed E-state index contributed by atoms with van der Waals surface area (Å²) in [4.78, 5) is 25.8. The van der Waals surface area contributed by atoms with Gasteiger partial charge in [0.05, 0.1) is 28.3 Å². The molecule has 150 valence electrons. The van der Waals surface area contributed by atoms with Crippen molar-refractivity contribution < 1.29 is 23.8 Å². The molecule has 1 aromatic carbocycles. The second-order valence-electron chi connectivity index (χ2n) is 7.76. The number of aliphatic hydroxyl groups excluding tert-OH is 1. The maximum absolute atomic E-state index is 14.2. The van der Waals surface area contributed by atoms with E-state index in [1.165, 1.54) is 24.0 Å². The number of piperidine rings is 1. The van der Waals surface area contributed by atoms with Crippen LogP contribution in [0.3, 0.4) is 0 Å². The third-order valence-electron chi connectivity index (χ3n) is 5.80. The zero-order valence-electron chi connectivity index (χ0n) is 16.0. The van der Waals surface area contributed by atoms with Crippen LogP contribution in [0.4, 0.5) is 4.39 Å². The van der Waals surface area contributed by atoms with Crippen LogP contribution >= 0.6 is 0 Å². The van der Waals surface area contributed by atoms with Gasteiger partial charge in [-0.3, -0.25) is 9.59 Å². The molecule has 2 N–H and O–H groups in total. The Hall–Kier alpha value is -2.50. The van der Waals surface area contributed by atoms with Crippen LogP contribution in [0.2, 0.25) is 0 Å². The van der Waals surface area contributed by atoms with Crippen LogP contribution in [0.1, 0.15) is 49.0 Å². The first-order valence-electron chi connectivity index (χ1n) is 9.30. The van der Waals surface area contributed by atoms with E-state index in [1.54, 1.807) is 6.92 Å². The van der Waals surface area contributed by atoms with Gasteiger partial charge in [0, 0.05) is 26.6 Å². The smallest absolute Gasteiger partial charge is 0.256 e. The Morgan fingerprint density at radius 2 is 2.04 bits per heavy atom. The number of rotatable bonds is 2. The molecule has 0 unspecified atom stereocenters. The lowest BCUT2D eigenvalue weighted by molar-refractivity contribution is -0.205. The summed E-state index contributed by atoms with van der Waals surface area (Å²) < 4.78 is 20.1. The van der Waals surface area contributed by atoms with Gasteiger partial charge in [-0.1, -0.05) is 0 Å². The van der Waals surface area contributed by atoms with E-state index >= 15 is 0 Å². The van der Waals surface area contributed by atoms with Crippen molar-refractivity contribution in [2.75, 3.05) is 19.7 Å². The van der Waals surface area contributed by atoms with E-state index in [9.17, 15) is 19.1 Å².